The topological polar surface area (TPSA) is 37.4 Å². The summed E-state index contributed by atoms with van der Waals surface area (Å²) in [6.07, 6.45) is 1.08. The normalized spacial score (nSPS) is 26.2. The first-order chi connectivity index (χ1) is 8.41. The molecule has 2 atom stereocenters. The zero-order valence-corrected chi connectivity index (χ0v) is 12.2. The monoisotopic (exact) mass is 287 g/mol. The van der Waals surface area contributed by atoms with Crippen molar-refractivity contribution in [1.29, 1.82) is 0 Å². The molecule has 1 aromatic carbocycles. The Morgan fingerprint density at radius 3 is 2.28 bits per heavy atom. The molecule has 0 aromatic heterocycles. The van der Waals surface area contributed by atoms with Gasteiger partial charge in [-0.05, 0) is 30.4 Å². The summed E-state index contributed by atoms with van der Waals surface area (Å²) >= 11 is 5.99. The van der Waals surface area contributed by atoms with Crippen molar-refractivity contribution in [1.82, 2.24) is 4.31 Å². The van der Waals surface area contributed by atoms with Crippen molar-refractivity contribution in [2.75, 3.05) is 13.1 Å². The molecule has 1 aliphatic heterocycles. The zero-order chi connectivity index (χ0) is 13.3. The Morgan fingerprint density at radius 1 is 1.17 bits per heavy atom. The van der Waals surface area contributed by atoms with Crippen LogP contribution in [0.5, 0.6) is 0 Å². The summed E-state index contributed by atoms with van der Waals surface area (Å²) < 4.78 is 26.6. The third-order valence-corrected chi connectivity index (χ3v) is 5.62. The molecule has 1 aromatic rings. The summed E-state index contributed by atoms with van der Waals surface area (Å²) in [4.78, 5) is 0.216. The van der Waals surface area contributed by atoms with Gasteiger partial charge in [-0.15, -0.1) is 0 Å². The first-order valence-corrected chi connectivity index (χ1v) is 7.97. The van der Waals surface area contributed by atoms with Gasteiger partial charge in [-0.3, -0.25) is 0 Å². The maximum absolute atomic E-state index is 12.5. The molecule has 18 heavy (non-hydrogen) atoms. The van der Waals surface area contributed by atoms with Crippen molar-refractivity contribution in [3.8, 4) is 0 Å². The highest BCUT2D eigenvalue weighted by molar-refractivity contribution is 7.89. The van der Waals surface area contributed by atoms with Gasteiger partial charge in [0.15, 0.2) is 0 Å². The molecule has 1 aliphatic rings. The minimum Gasteiger partial charge on any atom is -0.207 e. The van der Waals surface area contributed by atoms with Crippen LogP contribution in [-0.2, 0) is 10.0 Å². The Balaban J connectivity index is 2.34. The Hall–Kier alpha value is -0.580. The minimum absolute atomic E-state index is 0.216. The number of benzene rings is 1. The van der Waals surface area contributed by atoms with E-state index >= 15 is 0 Å². The van der Waals surface area contributed by atoms with Crippen molar-refractivity contribution >= 4 is 21.6 Å². The van der Waals surface area contributed by atoms with Gasteiger partial charge in [0, 0.05) is 13.1 Å². The lowest BCUT2D eigenvalue weighted by molar-refractivity contribution is 0.222. The molecule has 100 valence electrons. The van der Waals surface area contributed by atoms with E-state index in [9.17, 15) is 8.42 Å². The van der Waals surface area contributed by atoms with Crippen LogP contribution in [0.4, 0.5) is 0 Å². The molecule has 2 rings (SSSR count). The van der Waals surface area contributed by atoms with E-state index in [0.29, 0.717) is 29.9 Å². The Bertz CT molecular complexity index is 520. The van der Waals surface area contributed by atoms with Gasteiger partial charge in [-0.2, -0.15) is 4.31 Å². The predicted octanol–water partition coefficient (Wildman–Crippen LogP) is 3.01. The lowest BCUT2D eigenvalue weighted by Gasteiger charge is -2.34. The van der Waals surface area contributed by atoms with Crippen LogP contribution in [-0.4, -0.2) is 25.8 Å². The minimum atomic E-state index is -3.46. The van der Waals surface area contributed by atoms with E-state index in [1.807, 2.05) is 0 Å². The maximum Gasteiger partial charge on any atom is 0.244 e. The lowest BCUT2D eigenvalue weighted by Crippen LogP contribution is -2.42. The standard InChI is InChI=1S/C13H18ClNO2S/c1-10-7-11(2)9-15(8-10)18(16,17)13-6-4-3-5-12(13)14/h3-6,10-11H,7-9H2,1-2H3/t10-,11+. The summed E-state index contributed by atoms with van der Waals surface area (Å²) in [5.41, 5.74) is 0. The molecule has 3 nitrogen and oxygen atoms in total. The van der Waals surface area contributed by atoms with Crippen molar-refractivity contribution in [2.24, 2.45) is 11.8 Å². The molecule has 5 heteroatoms. The molecule has 0 N–H and O–H groups in total. The molecule has 0 spiro atoms. The summed E-state index contributed by atoms with van der Waals surface area (Å²) in [5.74, 6) is 0.789. The number of sulfonamides is 1. The average Bonchev–Trinajstić information content (AvgIpc) is 2.28. The fraction of sp³-hybridized carbons (Fsp3) is 0.538. The van der Waals surface area contributed by atoms with Crippen LogP contribution in [0.2, 0.25) is 5.02 Å². The third-order valence-electron chi connectivity index (χ3n) is 3.29. The molecule has 0 saturated carbocycles. The molecule has 1 heterocycles. The summed E-state index contributed by atoms with van der Waals surface area (Å²) in [6.45, 7) is 5.34. The molecule has 0 bridgehead atoms. The first-order valence-electron chi connectivity index (χ1n) is 6.16. The van der Waals surface area contributed by atoms with E-state index in [2.05, 4.69) is 13.8 Å². The van der Waals surface area contributed by atoms with Crippen molar-refractivity contribution in [3.63, 3.8) is 0 Å². The van der Waals surface area contributed by atoms with Crippen LogP contribution in [0, 0.1) is 11.8 Å². The number of hydrogen-bond acceptors (Lipinski definition) is 2. The van der Waals surface area contributed by atoms with Gasteiger partial charge in [0.25, 0.3) is 0 Å². The van der Waals surface area contributed by atoms with Crippen LogP contribution in [0.25, 0.3) is 0 Å². The van der Waals surface area contributed by atoms with Gasteiger partial charge in [0.1, 0.15) is 4.90 Å². The van der Waals surface area contributed by atoms with Crippen LogP contribution in [0.1, 0.15) is 20.3 Å². The van der Waals surface area contributed by atoms with E-state index in [4.69, 9.17) is 11.6 Å². The smallest absolute Gasteiger partial charge is 0.207 e. The van der Waals surface area contributed by atoms with Crippen molar-refractivity contribution in [2.45, 2.75) is 25.2 Å². The number of rotatable bonds is 2. The number of hydrogen-bond donors (Lipinski definition) is 0. The molecule has 1 fully saturated rings. The number of halogens is 1. The highest BCUT2D eigenvalue weighted by Gasteiger charge is 2.32. The van der Waals surface area contributed by atoms with Gasteiger partial charge in [-0.25, -0.2) is 8.42 Å². The van der Waals surface area contributed by atoms with Gasteiger partial charge >= 0.3 is 0 Å². The SMILES string of the molecule is C[C@@H]1C[C@H](C)CN(S(=O)(=O)c2ccccc2Cl)C1. The van der Waals surface area contributed by atoms with E-state index < -0.39 is 10.0 Å². The van der Waals surface area contributed by atoms with Crippen LogP contribution in [0.15, 0.2) is 29.2 Å². The van der Waals surface area contributed by atoms with Gasteiger partial charge < -0.3 is 0 Å². The maximum atomic E-state index is 12.5. The highest BCUT2D eigenvalue weighted by Crippen LogP contribution is 2.29. The molecule has 0 aliphatic carbocycles. The molecule has 0 unspecified atom stereocenters. The van der Waals surface area contributed by atoms with Crippen LogP contribution in [0.3, 0.4) is 0 Å². The molecule has 0 amide bonds. The highest BCUT2D eigenvalue weighted by atomic mass is 35.5. The average molecular weight is 288 g/mol. The fourth-order valence-corrected chi connectivity index (χ4v) is 4.77. The van der Waals surface area contributed by atoms with Gasteiger partial charge in [-0.1, -0.05) is 37.6 Å². The fourth-order valence-electron chi connectivity index (χ4n) is 2.60. The number of piperidine rings is 1. The molecule has 0 radical (unpaired) electrons. The lowest BCUT2D eigenvalue weighted by atomic mass is 9.94. The van der Waals surface area contributed by atoms with Crippen LogP contribution < -0.4 is 0 Å². The second kappa shape index (κ2) is 5.19. The quantitative estimate of drug-likeness (QED) is 0.838. The third kappa shape index (κ3) is 2.71. The van der Waals surface area contributed by atoms with Crippen molar-refractivity contribution in [3.05, 3.63) is 29.3 Å². The molecule has 1 saturated heterocycles. The Labute approximate surface area is 114 Å². The predicted molar refractivity (Wildman–Crippen MR) is 73.2 cm³/mol. The van der Waals surface area contributed by atoms with E-state index in [1.54, 1.807) is 28.6 Å². The molecular weight excluding hydrogens is 270 g/mol. The Morgan fingerprint density at radius 2 is 1.72 bits per heavy atom. The Kier molecular flexibility index (Phi) is 3.99. The van der Waals surface area contributed by atoms with E-state index in [-0.39, 0.29) is 4.90 Å². The van der Waals surface area contributed by atoms with Gasteiger partial charge in [0.2, 0.25) is 10.0 Å². The van der Waals surface area contributed by atoms with Crippen molar-refractivity contribution < 1.29 is 8.42 Å². The summed E-state index contributed by atoms with van der Waals surface area (Å²) in [7, 11) is -3.46. The second-order valence-corrected chi connectivity index (χ2v) is 7.51. The first kappa shape index (κ1) is 13.8. The van der Waals surface area contributed by atoms with E-state index in [1.165, 1.54) is 0 Å². The number of nitrogens with zero attached hydrogens (tertiary/aromatic N) is 1. The van der Waals surface area contributed by atoms with Gasteiger partial charge in [0.05, 0.1) is 5.02 Å². The summed E-state index contributed by atoms with van der Waals surface area (Å²) in [6, 6.07) is 6.63. The van der Waals surface area contributed by atoms with Crippen LogP contribution >= 0.6 is 11.6 Å². The second-order valence-electron chi connectivity index (χ2n) is 5.20. The molecular formula is C13H18ClNO2S. The zero-order valence-electron chi connectivity index (χ0n) is 10.6. The largest absolute Gasteiger partial charge is 0.244 e. The summed E-state index contributed by atoms with van der Waals surface area (Å²) in [5, 5.41) is 0.295. The van der Waals surface area contributed by atoms with E-state index in [0.717, 1.165) is 6.42 Å².